The zero-order chi connectivity index (χ0) is 11.8. The summed E-state index contributed by atoms with van der Waals surface area (Å²) in [4.78, 5) is 11.4. The van der Waals surface area contributed by atoms with E-state index in [4.69, 9.17) is 0 Å². The second-order valence-electron chi connectivity index (χ2n) is 5.17. The number of halogens is 1. The van der Waals surface area contributed by atoms with Crippen LogP contribution in [0, 0.1) is 0 Å². The molecule has 0 radical (unpaired) electrons. The summed E-state index contributed by atoms with van der Waals surface area (Å²) in [7, 11) is 0. The predicted octanol–water partition coefficient (Wildman–Crippen LogP) is 4.02. The zero-order valence-corrected chi connectivity index (χ0v) is 11.6. The SMILES string of the molecule is O=Cc1c(Br)c2c(c3c1CCCC3)CCCC2. The highest BCUT2D eigenvalue weighted by Crippen LogP contribution is 2.39. The van der Waals surface area contributed by atoms with Crippen molar-refractivity contribution >= 4 is 22.2 Å². The van der Waals surface area contributed by atoms with Crippen molar-refractivity contribution < 1.29 is 4.79 Å². The molecule has 0 atom stereocenters. The van der Waals surface area contributed by atoms with Gasteiger partial charge in [-0.1, -0.05) is 0 Å². The molecule has 0 spiro atoms. The molecule has 2 heteroatoms. The van der Waals surface area contributed by atoms with Crippen molar-refractivity contribution in [3.8, 4) is 0 Å². The van der Waals surface area contributed by atoms with Gasteiger partial charge >= 0.3 is 0 Å². The van der Waals surface area contributed by atoms with Crippen LogP contribution >= 0.6 is 15.9 Å². The van der Waals surface area contributed by atoms with E-state index in [2.05, 4.69) is 15.9 Å². The topological polar surface area (TPSA) is 17.1 Å². The average Bonchev–Trinajstić information content (AvgIpc) is 2.40. The summed E-state index contributed by atoms with van der Waals surface area (Å²) in [5.41, 5.74) is 6.82. The summed E-state index contributed by atoms with van der Waals surface area (Å²) in [5, 5.41) is 0. The number of carbonyl (C=O) groups excluding carboxylic acids is 1. The fourth-order valence-corrected chi connectivity index (χ4v) is 4.20. The minimum atomic E-state index is 0.945. The van der Waals surface area contributed by atoms with Gasteiger partial charge in [0.05, 0.1) is 0 Å². The predicted molar refractivity (Wildman–Crippen MR) is 72.8 cm³/mol. The Bertz CT molecular complexity index is 477. The molecular formula is C15H17BrO. The molecule has 17 heavy (non-hydrogen) atoms. The molecule has 1 aromatic rings. The first-order valence-electron chi connectivity index (χ1n) is 6.63. The van der Waals surface area contributed by atoms with Crippen LogP contribution in [-0.4, -0.2) is 6.29 Å². The largest absolute Gasteiger partial charge is 0.298 e. The quantitative estimate of drug-likeness (QED) is 0.715. The van der Waals surface area contributed by atoms with Gasteiger partial charge in [-0.2, -0.15) is 0 Å². The molecule has 2 aliphatic rings. The van der Waals surface area contributed by atoms with Crippen LogP contribution in [-0.2, 0) is 25.7 Å². The first kappa shape index (κ1) is 11.5. The Labute approximate surface area is 111 Å². The Morgan fingerprint density at radius 1 is 0.765 bits per heavy atom. The maximum absolute atomic E-state index is 11.4. The fourth-order valence-electron chi connectivity index (χ4n) is 3.43. The van der Waals surface area contributed by atoms with Crippen molar-refractivity contribution in [1.29, 1.82) is 0 Å². The molecule has 90 valence electrons. The molecule has 0 fully saturated rings. The summed E-state index contributed by atoms with van der Waals surface area (Å²) in [5.74, 6) is 0. The van der Waals surface area contributed by atoms with Gasteiger partial charge in [-0.3, -0.25) is 4.79 Å². The molecule has 0 amide bonds. The Morgan fingerprint density at radius 3 is 1.82 bits per heavy atom. The van der Waals surface area contributed by atoms with Crippen LogP contribution in [0.3, 0.4) is 0 Å². The van der Waals surface area contributed by atoms with E-state index in [1.54, 1.807) is 5.56 Å². The molecule has 0 N–H and O–H groups in total. The van der Waals surface area contributed by atoms with Crippen LogP contribution in [0.4, 0.5) is 0 Å². The zero-order valence-electron chi connectivity index (χ0n) is 10.0. The number of rotatable bonds is 1. The van der Waals surface area contributed by atoms with Gasteiger partial charge in [0.1, 0.15) is 0 Å². The van der Waals surface area contributed by atoms with Gasteiger partial charge in [0.25, 0.3) is 0 Å². The molecule has 1 nitrogen and oxygen atoms in total. The third kappa shape index (κ3) is 1.77. The lowest BCUT2D eigenvalue weighted by atomic mass is 9.78. The van der Waals surface area contributed by atoms with Crippen molar-refractivity contribution in [2.75, 3.05) is 0 Å². The molecule has 2 aliphatic carbocycles. The van der Waals surface area contributed by atoms with Gasteiger partial charge in [-0.25, -0.2) is 0 Å². The van der Waals surface area contributed by atoms with Crippen molar-refractivity contribution in [2.24, 2.45) is 0 Å². The van der Waals surface area contributed by atoms with Crippen LogP contribution in [0.1, 0.15) is 58.3 Å². The standard InChI is InChI=1S/C15H17BrO/c16-15-13-8-4-3-6-11(13)10-5-1-2-7-12(10)14(15)9-17/h9H,1-8H2. The Morgan fingerprint density at radius 2 is 1.24 bits per heavy atom. The van der Waals surface area contributed by atoms with Gasteiger partial charge in [0, 0.05) is 10.0 Å². The summed E-state index contributed by atoms with van der Waals surface area (Å²) >= 11 is 3.68. The van der Waals surface area contributed by atoms with E-state index in [-0.39, 0.29) is 0 Å². The number of aldehydes is 1. The van der Waals surface area contributed by atoms with Gasteiger partial charge < -0.3 is 0 Å². The van der Waals surface area contributed by atoms with Gasteiger partial charge in [0.15, 0.2) is 6.29 Å². The summed E-state index contributed by atoms with van der Waals surface area (Å²) in [6, 6.07) is 0. The Hall–Kier alpha value is -0.630. The first-order valence-corrected chi connectivity index (χ1v) is 7.42. The summed E-state index contributed by atoms with van der Waals surface area (Å²) in [6.07, 6.45) is 10.8. The maximum atomic E-state index is 11.4. The number of fused-ring (bicyclic) bond motifs is 3. The second kappa shape index (κ2) is 4.56. The van der Waals surface area contributed by atoms with Gasteiger partial charge in [0.2, 0.25) is 0 Å². The molecule has 0 bridgehead atoms. The highest BCUT2D eigenvalue weighted by Gasteiger charge is 2.25. The minimum absolute atomic E-state index is 0.945. The van der Waals surface area contributed by atoms with Crippen LogP contribution in [0.25, 0.3) is 0 Å². The third-order valence-corrected chi connectivity index (χ3v) is 5.15. The van der Waals surface area contributed by atoms with E-state index in [9.17, 15) is 4.79 Å². The van der Waals surface area contributed by atoms with E-state index in [0.29, 0.717) is 0 Å². The molecule has 0 unspecified atom stereocenters. The van der Waals surface area contributed by atoms with E-state index < -0.39 is 0 Å². The number of hydrogen-bond acceptors (Lipinski definition) is 1. The van der Waals surface area contributed by atoms with Gasteiger partial charge in [-0.15, -0.1) is 0 Å². The molecule has 1 aromatic carbocycles. The monoisotopic (exact) mass is 292 g/mol. The van der Waals surface area contributed by atoms with Crippen LogP contribution in [0.2, 0.25) is 0 Å². The summed E-state index contributed by atoms with van der Waals surface area (Å²) in [6.45, 7) is 0. The third-order valence-electron chi connectivity index (χ3n) is 4.24. The Balaban J connectivity index is 2.28. The van der Waals surface area contributed by atoms with E-state index in [1.807, 2.05) is 0 Å². The smallest absolute Gasteiger partial charge is 0.151 e. The van der Waals surface area contributed by atoms with Crippen molar-refractivity contribution in [3.05, 3.63) is 32.3 Å². The average molecular weight is 293 g/mol. The van der Waals surface area contributed by atoms with Crippen molar-refractivity contribution in [2.45, 2.75) is 51.4 Å². The minimum Gasteiger partial charge on any atom is -0.298 e. The first-order chi connectivity index (χ1) is 8.33. The number of hydrogen-bond donors (Lipinski definition) is 0. The van der Waals surface area contributed by atoms with Crippen LogP contribution in [0.15, 0.2) is 4.47 Å². The number of benzene rings is 1. The molecule has 0 saturated heterocycles. The molecule has 0 aromatic heterocycles. The lowest BCUT2D eigenvalue weighted by Gasteiger charge is -2.28. The van der Waals surface area contributed by atoms with Crippen LogP contribution < -0.4 is 0 Å². The summed E-state index contributed by atoms with van der Waals surface area (Å²) < 4.78 is 1.10. The second-order valence-corrected chi connectivity index (χ2v) is 5.97. The normalized spacial score (nSPS) is 18.4. The van der Waals surface area contributed by atoms with E-state index in [0.717, 1.165) is 29.2 Å². The van der Waals surface area contributed by atoms with Crippen molar-refractivity contribution in [3.63, 3.8) is 0 Å². The highest BCUT2D eigenvalue weighted by atomic mass is 79.9. The molecule has 0 aliphatic heterocycles. The molecular weight excluding hydrogens is 276 g/mol. The molecule has 0 saturated carbocycles. The highest BCUT2D eigenvalue weighted by molar-refractivity contribution is 9.10. The van der Waals surface area contributed by atoms with E-state index in [1.165, 1.54) is 55.2 Å². The lowest BCUT2D eigenvalue weighted by molar-refractivity contribution is 0.112. The van der Waals surface area contributed by atoms with Crippen LogP contribution in [0.5, 0.6) is 0 Å². The lowest BCUT2D eigenvalue weighted by Crippen LogP contribution is -2.16. The van der Waals surface area contributed by atoms with E-state index >= 15 is 0 Å². The Kier molecular flexibility index (Phi) is 3.08. The number of carbonyl (C=O) groups is 1. The van der Waals surface area contributed by atoms with Crippen molar-refractivity contribution in [1.82, 2.24) is 0 Å². The fraction of sp³-hybridized carbons (Fsp3) is 0.533. The maximum Gasteiger partial charge on any atom is 0.151 e. The van der Waals surface area contributed by atoms with Gasteiger partial charge in [-0.05, 0) is 89.6 Å². The molecule has 0 heterocycles. The molecule has 3 rings (SSSR count).